The Balaban J connectivity index is 1.44. The van der Waals surface area contributed by atoms with Gasteiger partial charge in [0, 0.05) is 41.4 Å². The maximum absolute atomic E-state index is 13.8. The van der Waals surface area contributed by atoms with E-state index in [9.17, 15) is 9.59 Å². The van der Waals surface area contributed by atoms with Crippen molar-refractivity contribution in [2.75, 3.05) is 5.32 Å². The summed E-state index contributed by atoms with van der Waals surface area (Å²) < 4.78 is 3.38. The van der Waals surface area contributed by atoms with Gasteiger partial charge in [0.05, 0.1) is 41.3 Å². The van der Waals surface area contributed by atoms with Gasteiger partial charge >= 0.3 is 0 Å². The second-order valence-corrected chi connectivity index (χ2v) is 11.3. The van der Waals surface area contributed by atoms with Crippen molar-refractivity contribution in [3.63, 3.8) is 0 Å². The summed E-state index contributed by atoms with van der Waals surface area (Å²) in [4.78, 5) is 36.2. The normalized spacial score (nSPS) is 17.1. The Morgan fingerprint density at radius 3 is 2.60 bits per heavy atom. The fourth-order valence-corrected chi connectivity index (χ4v) is 5.88. The lowest BCUT2D eigenvalue weighted by atomic mass is 9.94. The largest absolute Gasteiger partial charge is 0.323 e. The van der Waals surface area contributed by atoms with Crippen molar-refractivity contribution in [2.45, 2.75) is 39.2 Å². The number of hydrogen-bond acceptors (Lipinski definition) is 5. The van der Waals surface area contributed by atoms with Crippen LogP contribution in [0.3, 0.4) is 0 Å². The van der Waals surface area contributed by atoms with Crippen LogP contribution >= 0.6 is 11.6 Å². The molecule has 2 atom stereocenters. The van der Waals surface area contributed by atoms with Gasteiger partial charge < -0.3 is 5.32 Å². The summed E-state index contributed by atoms with van der Waals surface area (Å²) in [6, 6.07) is 18.9. The zero-order chi connectivity index (χ0) is 29.4. The molecular weight excluding hydrogens is 548 g/mol. The van der Waals surface area contributed by atoms with E-state index < -0.39 is 0 Å². The lowest BCUT2D eigenvalue weighted by Gasteiger charge is -2.22. The standard InChI is InChI=1S/C33H31ClN6O2/c1-20-7-4-5-9-24(20)25-12-11-23(34)16-26(25)27-17-31(41)40(19-36-27)30-10-6-8-21(2)33(42)38-29-18-37-39(3)32(29)22-13-14-35-28(30)15-22/h4-5,7,9,11-19,21,30H,6,8,10H2,1-3H3,(H,38,42)/t21-,30+/m1/s1. The van der Waals surface area contributed by atoms with E-state index in [-0.39, 0.29) is 23.4 Å². The van der Waals surface area contributed by atoms with E-state index in [2.05, 4.69) is 29.5 Å². The molecule has 0 unspecified atom stereocenters. The SMILES string of the molecule is Cc1ccccc1-c1ccc(Cl)cc1-c1cc(=O)n([C@H]2CCC[C@@H](C)C(=O)Nc3cnn(C)c3-c3ccnc2c3)cn1. The van der Waals surface area contributed by atoms with Gasteiger partial charge in [-0.05, 0) is 60.7 Å². The van der Waals surface area contributed by atoms with Crippen molar-refractivity contribution in [1.82, 2.24) is 24.3 Å². The van der Waals surface area contributed by atoms with Gasteiger partial charge in [0.15, 0.2) is 0 Å². The summed E-state index contributed by atoms with van der Waals surface area (Å²) in [5.74, 6) is -0.255. The van der Waals surface area contributed by atoms with E-state index in [0.717, 1.165) is 45.6 Å². The number of anilines is 1. The van der Waals surface area contributed by atoms with Crippen LogP contribution in [-0.4, -0.2) is 30.2 Å². The third-order valence-corrected chi connectivity index (χ3v) is 8.25. The van der Waals surface area contributed by atoms with Crippen molar-refractivity contribution in [2.24, 2.45) is 13.0 Å². The smallest absolute Gasteiger partial charge is 0.254 e. The zero-order valence-corrected chi connectivity index (χ0v) is 24.5. The molecule has 3 aromatic heterocycles. The Labute approximate surface area is 249 Å². The van der Waals surface area contributed by atoms with Gasteiger partial charge in [-0.3, -0.25) is 23.8 Å². The molecular formula is C33H31ClN6O2. The van der Waals surface area contributed by atoms with E-state index in [1.165, 1.54) is 0 Å². The molecule has 0 aliphatic carbocycles. The molecule has 1 aliphatic heterocycles. The second kappa shape index (κ2) is 11.4. The van der Waals surface area contributed by atoms with Crippen LogP contribution in [-0.2, 0) is 11.8 Å². The fourth-order valence-electron chi connectivity index (χ4n) is 5.71. The first-order valence-electron chi connectivity index (χ1n) is 14.0. The number of halogens is 1. The molecule has 6 rings (SSSR count). The molecule has 212 valence electrons. The lowest BCUT2D eigenvalue weighted by molar-refractivity contribution is -0.119. The first kappa shape index (κ1) is 27.6. The Hall–Kier alpha value is -4.56. The predicted molar refractivity (Wildman–Crippen MR) is 165 cm³/mol. The van der Waals surface area contributed by atoms with Crippen molar-refractivity contribution in [3.8, 4) is 33.6 Å². The van der Waals surface area contributed by atoms with Crippen LogP contribution in [0.5, 0.6) is 0 Å². The molecule has 8 nitrogen and oxygen atoms in total. The number of benzene rings is 2. The Morgan fingerprint density at radius 2 is 1.79 bits per heavy atom. The van der Waals surface area contributed by atoms with Gasteiger partial charge in [-0.25, -0.2) is 4.98 Å². The molecule has 0 saturated carbocycles. The van der Waals surface area contributed by atoms with Crippen LogP contribution in [0.25, 0.3) is 33.6 Å². The molecule has 1 aliphatic rings. The molecule has 2 bridgehead atoms. The van der Waals surface area contributed by atoms with Crippen molar-refractivity contribution >= 4 is 23.2 Å². The molecule has 42 heavy (non-hydrogen) atoms. The van der Waals surface area contributed by atoms with E-state index in [1.807, 2.05) is 56.4 Å². The highest BCUT2D eigenvalue weighted by atomic mass is 35.5. The summed E-state index contributed by atoms with van der Waals surface area (Å²) in [5.41, 5.74) is 7.33. The number of amides is 1. The number of hydrogen-bond donors (Lipinski definition) is 1. The zero-order valence-electron chi connectivity index (χ0n) is 23.7. The molecule has 4 heterocycles. The minimum atomic E-state index is -0.361. The molecule has 2 aromatic carbocycles. The van der Waals surface area contributed by atoms with Crippen LogP contribution in [0.15, 0.2) is 84.2 Å². The third kappa shape index (κ3) is 5.25. The topological polar surface area (TPSA) is 94.7 Å². The Bertz CT molecular complexity index is 1860. The molecule has 0 radical (unpaired) electrons. The number of pyridine rings is 1. The molecule has 5 aromatic rings. The number of carbonyl (C=O) groups excluding carboxylic acids is 1. The molecule has 1 amide bonds. The van der Waals surface area contributed by atoms with Gasteiger partial charge in [-0.1, -0.05) is 55.3 Å². The van der Waals surface area contributed by atoms with Crippen LogP contribution in [0.2, 0.25) is 5.02 Å². The molecule has 0 fully saturated rings. The maximum atomic E-state index is 13.8. The summed E-state index contributed by atoms with van der Waals surface area (Å²) in [6.45, 7) is 3.98. The van der Waals surface area contributed by atoms with Gasteiger partial charge in [0.25, 0.3) is 5.56 Å². The minimum Gasteiger partial charge on any atom is -0.323 e. The number of carbonyl (C=O) groups is 1. The summed E-state index contributed by atoms with van der Waals surface area (Å²) >= 11 is 6.42. The van der Waals surface area contributed by atoms with Gasteiger partial charge in [0.1, 0.15) is 0 Å². The van der Waals surface area contributed by atoms with Crippen molar-refractivity contribution in [3.05, 3.63) is 106 Å². The Morgan fingerprint density at radius 1 is 0.952 bits per heavy atom. The molecule has 9 heteroatoms. The van der Waals surface area contributed by atoms with Gasteiger partial charge in [-0.2, -0.15) is 5.10 Å². The molecule has 0 saturated heterocycles. The average molecular weight is 579 g/mol. The molecule has 0 spiro atoms. The van der Waals surface area contributed by atoms with E-state index in [4.69, 9.17) is 21.6 Å². The van der Waals surface area contributed by atoms with Gasteiger partial charge in [0.2, 0.25) is 5.91 Å². The highest BCUT2D eigenvalue weighted by Crippen LogP contribution is 2.36. The van der Waals surface area contributed by atoms with Crippen molar-refractivity contribution < 1.29 is 4.79 Å². The van der Waals surface area contributed by atoms with E-state index in [1.54, 1.807) is 34.0 Å². The quantitative estimate of drug-likeness (QED) is 0.258. The number of aromatic nitrogens is 5. The number of fused-ring (bicyclic) bond motifs is 4. The summed E-state index contributed by atoms with van der Waals surface area (Å²) in [6.07, 6.45) is 7.02. The number of nitrogens with zero attached hydrogens (tertiary/aromatic N) is 5. The predicted octanol–water partition coefficient (Wildman–Crippen LogP) is 6.68. The summed E-state index contributed by atoms with van der Waals surface area (Å²) in [5, 5.41) is 7.99. The van der Waals surface area contributed by atoms with E-state index >= 15 is 0 Å². The van der Waals surface area contributed by atoms with E-state index in [0.29, 0.717) is 29.2 Å². The van der Waals surface area contributed by atoms with Crippen LogP contribution in [0, 0.1) is 12.8 Å². The van der Waals surface area contributed by atoms with Crippen LogP contribution in [0.4, 0.5) is 5.69 Å². The van der Waals surface area contributed by atoms with Crippen LogP contribution in [0.1, 0.15) is 43.5 Å². The van der Waals surface area contributed by atoms with Gasteiger partial charge in [-0.15, -0.1) is 0 Å². The maximum Gasteiger partial charge on any atom is 0.254 e. The monoisotopic (exact) mass is 578 g/mol. The average Bonchev–Trinajstić information content (AvgIpc) is 3.35. The third-order valence-electron chi connectivity index (χ3n) is 8.02. The highest BCUT2D eigenvalue weighted by molar-refractivity contribution is 6.31. The minimum absolute atomic E-state index is 0.0511. The van der Waals surface area contributed by atoms with Crippen molar-refractivity contribution in [1.29, 1.82) is 0 Å². The Kier molecular flexibility index (Phi) is 7.47. The number of aryl methyl sites for hydroxylation is 2. The fraction of sp³-hybridized carbons (Fsp3) is 0.242. The van der Waals surface area contributed by atoms with Crippen LogP contribution < -0.4 is 10.9 Å². The number of nitrogens with one attached hydrogen (secondary N) is 1. The number of rotatable bonds is 3. The first-order chi connectivity index (χ1) is 20.3. The summed E-state index contributed by atoms with van der Waals surface area (Å²) in [7, 11) is 1.84. The highest BCUT2D eigenvalue weighted by Gasteiger charge is 2.24. The first-order valence-corrected chi connectivity index (χ1v) is 14.4. The molecule has 1 N–H and O–H groups in total. The second-order valence-electron chi connectivity index (χ2n) is 10.9. The lowest BCUT2D eigenvalue weighted by Crippen LogP contribution is -2.27.